The van der Waals surface area contributed by atoms with Crippen LogP contribution >= 0.6 is 15.9 Å². The Bertz CT molecular complexity index is 541. The lowest BCUT2D eigenvalue weighted by atomic mass is 9.92. The Kier molecular flexibility index (Phi) is 3.51. The fourth-order valence-electron chi connectivity index (χ4n) is 1.87. The third-order valence-corrected chi connectivity index (χ3v) is 3.46. The minimum Gasteiger partial charge on any atom is -0.497 e. The molecule has 0 aromatic heterocycles. The highest BCUT2D eigenvalue weighted by molar-refractivity contribution is 9.10. The first-order chi connectivity index (χ1) is 8.85. The van der Waals surface area contributed by atoms with E-state index in [9.17, 15) is 14.7 Å². The molecule has 1 aromatic carbocycles. The number of primary amides is 1. The van der Waals surface area contributed by atoms with Crippen LogP contribution in [0.15, 0.2) is 22.7 Å². The zero-order valence-corrected chi connectivity index (χ0v) is 11.8. The van der Waals surface area contributed by atoms with Gasteiger partial charge < -0.3 is 20.5 Å². The molecule has 1 fully saturated rings. The van der Waals surface area contributed by atoms with Crippen molar-refractivity contribution in [2.45, 2.75) is 5.60 Å². The highest BCUT2D eigenvalue weighted by Gasteiger charge is 2.48. The molecule has 0 radical (unpaired) electrons. The number of rotatable bonds is 3. The number of halogens is 1. The van der Waals surface area contributed by atoms with E-state index in [1.165, 1.54) is 12.0 Å². The minimum atomic E-state index is -1.61. The number of nitrogens with zero attached hydrogens (tertiary/aromatic N) is 1. The maximum Gasteiger partial charge on any atom is 0.254 e. The van der Waals surface area contributed by atoms with Crippen LogP contribution in [0, 0.1) is 0 Å². The van der Waals surface area contributed by atoms with E-state index >= 15 is 0 Å². The van der Waals surface area contributed by atoms with Gasteiger partial charge in [0.15, 0.2) is 5.60 Å². The van der Waals surface area contributed by atoms with Gasteiger partial charge in [0.05, 0.1) is 20.2 Å². The van der Waals surface area contributed by atoms with Gasteiger partial charge in [-0.1, -0.05) is 15.9 Å². The number of likely N-dealkylation sites (tertiary alicyclic amines) is 1. The number of β-amino-alcohol motifs (C(OH)–C–C–N with tert-alkyl or cyclic N) is 1. The Labute approximate surface area is 118 Å². The van der Waals surface area contributed by atoms with Gasteiger partial charge in [0.2, 0.25) is 0 Å². The van der Waals surface area contributed by atoms with Gasteiger partial charge in [0.25, 0.3) is 11.8 Å². The van der Waals surface area contributed by atoms with Crippen molar-refractivity contribution < 1.29 is 19.4 Å². The fraction of sp³-hybridized carbons (Fsp3) is 0.333. The van der Waals surface area contributed by atoms with E-state index in [-0.39, 0.29) is 19.0 Å². The molecular weight excluding hydrogens is 316 g/mol. The van der Waals surface area contributed by atoms with Crippen molar-refractivity contribution >= 4 is 27.7 Å². The number of hydrogen-bond donors (Lipinski definition) is 2. The van der Waals surface area contributed by atoms with Crippen molar-refractivity contribution in [3.05, 3.63) is 28.2 Å². The topological polar surface area (TPSA) is 92.9 Å². The fourth-order valence-corrected chi connectivity index (χ4v) is 2.34. The third-order valence-electron chi connectivity index (χ3n) is 3.00. The molecule has 7 heteroatoms. The molecule has 3 N–H and O–H groups in total. The first-order valence-electron chi connectivity index (χ1n) is 5.52. The van der Waals surface area contributed by atoms with Crippen molar-refractivity contribution in [1.29, 1.82) is 0 Å². The Balaban J connectivity index is 2.14. The molecule has 1 aromatic rings. The molecule has 6 nitrogen and oxygen atoms in total. The number of nitrogens with two attached hydrogens (primary N) is 1. The first-order valence-corrected chi connectivity index (χ1v) is 6.31. The lowest BCUT2D eigenvalue weighted by molar-refractivity contribution is -0.151. The molecule has 1 aliphatic rings. The number of carbonyl (C=O) groups excluding carboxylic acids is 2. The molecule has 0 atom stereocenters. The Morgan fingerprint density at radius 1 is 1.42 bits per heavy atom. The molecule has 2 rings (SSSR count). The summed E-state index contributed by atoms with van der Waals surface area (Å²) in [6.45, 7) is -0.175. The second-order valence-electron chi connectivity index (χ2n) is 4.44. The molecule has 1 heterocycles. The quantitative estimate of drug-likeness (QED) is 0.824. The summed E-state index contributed by atoms with van der Waals surface area (Å²) in [5.74, 6) is -0.558. The smallest absolute Gasteiger partial charge is 0.254 e. The maximum atomic E-state index is 12.1. The lowest BCUT2D eigenvalue weighted by Gasteiger charge is -2.44. The van der Waals surface area contributed by atoms with E-state index in [0.29, 0.717) is 15.8 Å². The summed E-state index contributed by atoms with van der Waals surface area (Å²) in [4.78, 5) is 24.5. The van der Waals surface area contributed by atoms with Crippen molar-refractivity contribution in [3.63, 3.8) is 0 Å². The molecule has 1 saturated heterocycles. The van der Waals surface area contributed by atoms with E-state index in [4.69, 9.17) is 10.5 Å². The van der Waals surface area contributed by atoms with Gasteiger partial charge in [-0.2, -0.15) is 0 Å². The van der Waals surface area contributed by atoms with E-state index in [1.807, 2.05) is 0 Å². The van der Waals surface area contributed by atoms with E-state index < -0.39 is 11.5 Å². The van der Waals surface area contributed by atoms with E-state index in [0.717, 1.165) is 0 Å². The molecule has 2 amide bonds. The summed E-state index contributed by atoms with van der Waals surface area (Å²) in [7, 11) is 1.51. The normalized spacial score (nSPS) is 16.7. The van der Waals surface area contributed by atoms with Crippen molar-refractivity contribution in [2.75, 3.05) is 20.2 Å². The largest absolute Gasteiger partial charge is 0.497 e. The number of aliphatic hydroxyl groups is 1. The van der Waals surface area contributed by atoms with Gasteiger partial charge in [-0.3, -0.25) is 9.59 Å². The minimum absolute atomic E-state index is 0.0873. The van der Waals surface area contributed by atoms with Gasteiger partial charge in [-0.15, -0.1) is 0 Å². The number of carbonyl (C=O) groups is 2. The number of benzene rings is 1. The Hall–Kier alpha value is -1.60. The van der Waals surface area contributed by atoms with Crippen LogP contribution < -0.4 is 10.5 Å². The third kappa shape index (κ3) is 2.57. The number of ether oxygens (including phenoxy) is 1. The molecule has 0 aliphatic carbocycles. The van der Waals surface area contributed by atoms with Gasteiger partial charge >= 0.3 is 0 Å². The predicted molar refractivity (Wildman–Crippen MR) is 70.7 cm³/mol. The molecule has 0 unspecified atom stereocenters. The summed E-state index contributed by atoms with van der Waals surface area (Å²) in [6, 6.07) is 4.97. The number of methoxy groups -OCH3 is 1. The van der Waals surface area contributed by atoms with Crippen LogP contribution in [-0.4, -0.2) is 47.6 Å². The molecule has 0 saturated carbocycles. The average Bonchev–Trinajstić information content (AvgIpc) is 2.32. The summed E-state index contributed by atoms with van der Waals surface area (Å²) < 4.78 is 5.78. The van der Waals surface area contributed by atoms with Crippen LogP contribution in [0.25, 0.3) is 0 Å². The Morgan fingerprint density at radius 2 is 2.05 bits per heavy atom. The van der Waals surface area contributed by atoms with Crippen LogP contribution in [0.4, 0.5) is 0 Å². The monoisotopic (exact) mass is 328 g/mol. The zero-order valence-electron chi connectivity index (χ0n) is 10.2. The lowest BCUT2D eigenvalue weighted by Crippen LogP contribution is -2.69. The summed E-state index contributed by atoms with van der Waals surface area (Å²) in [5.41, 5.74) is 3.86. The van der Waals surface area contributed by atoms with Crippen LogP contribution in [0.5, 0.6) is 5.75 Å². The molecule has 0 bridgehead atoms. The predicted octanol–water partition coefficient (Wildman–Crippen LogP) is 0.130. The zero-order chi connectivity index (χ0) is 14.2. The van der Waals surface area contributed by atoms with Crippen LogP contribution in [0.2, 0.25) is 0 Å². The van der Waals surface area contributed by atoms with Crippen molar-refractivity contribution in [3.8, 4) is 5.75 Å². The van der Waals surface area contributed by atoms with Crippen LogP contribution in [0.1, 0.15) is 10.4 Å². The molecule has 0 spiro atoms. The van der Waals surface area contributed by atoms with Crippen LogP contribution in [-0.2, 0) is 4.79 Å². The van der Waals surface area contributed by atoms with Gasteiger partial charge in [0, 0.05) is 10.0 Å². The summed E-state index contributed by atoms with van der Waals surface area (Å²) >= 11 is 3.28. The van der Waals surface area contributed by atoms with Crippen LogP contribution in [0.3, 0.4) is 0 Å². The first kappa shape index (κ1) is 13.8. The van der Waals surface area contributed by atoms with Gasteiger partial charge in [-0.25, -0.2) is 0 Å². The molecule has 1 aliphatic heterocycles. The second-order valence-corrected chi connectivity index (χ2v) is 5.35. The Morgan fingerprint density at radius 3 is 2.58 bits per heavy atom. The molecule has 19 heavy (non-hydrogen) atoms. The van der Waals surface area contributed by atoms with E-state index in [2.05, 4.69) is 15.9 Å². The second kappa shape index (κ2) is 4.82. The number of amides is 2. The standard InChI is InChI=1S/C12H13BrN2O4/c1-19-9-3-7(2-8(13)4-9)10(16)15-5-12(18,6-15)11(14)17/h2-4,18H,5-6H2,1H3,(H2,14,17). The van der Waals surface area contributed by atoms with Crippen molar-refractivity contribution in [1.82, 2.24) is 4.90 Å². The summed E-state index contributed by atoms with van der Waals surface area (Å²) in [6.07, 6.45) is 0. The SMILES string of the molecule is COc1cc(Br)cc(C(=O)N2CC(O)(C(N)=O)C2)c1. The number of hydrogen-bond acceptors (Lipinski definition) is 4. The van der Waals surface area contributed by atoms with Gasteiger partial charge in [-0.05, 0) is 18.2 Å². The highest BCUT2D eigenvalue weighted by Crippen LogP contribution is 2.26. The summed E-state index contributed by atoms with van der Waals surface area (Å²) in [5, 5.41) is 9.71. The average molecular weight is 329 g/mol. The van der Waals surface area contributed by atoms with Gasteiger partial charge in [0.1, 0.15) is 5.75 Å². The highest BCUT2D eigenvalue weighted by atomic mass is 79.9. The maximum absolute atomic E-state index is 12.1. The molecular formula is C12H13BrN2O4. The molecule has 102 valence electrons. The van der Waals surface area contributed by atoms with Crippen molar-refractivity contribution in [2.24, 2.45) is 5.73 Å². The van der Waals surface area contributed by atoms with E-state index in [1.54, 1.807) is 18.2 Å².